The van der Waals surface area contributed by atoms with Gasteiger partial charge in [-0.05, 0) is 70.6 Å². The average Bonchev–Trinajstić information content (AvgIpc) is 2.48. The molecule has 1 aliphatic rings. The molecule has 0 bridgehead atoms. The Morgan fingerprint density at radius 2 is 1.36 bits per heavy atom. The van der Waals surface area contributed by atoms with Gasteiger partial charge in [-0.3, -0.25) is 0 Å². The van der Waals surface area contributed by atoms with Gasteiger partial charge in [0.2, 0.25) is 0 Å². The molecule has 1 fully saturated rings. The molecule has 0 N–H and O–H groups in total. The summed E-state index contributed by atoms with van der Waals surface area (Å²) in [6.45, 7) is 9.73. The maximum atomic E-state index is 2.48. The summed E-state index contributed by atoms with van der Waals surface area (Å²) >= 11 is 0. The fraction of sp³-hybridized carbons (Fsp3) is 1.00. The molecule has 150 valence electrons. The monoisotopic (exact) mass is 352 g/mol. The molecule has 0 saturated heterocycles. The molecule has 0 amide bonds. The highest BCUT2D eigenvalue weighted by Crippen LogP contribution is 2.37. The Morgan fingerprint density at radius 1 is 0.760 bits per heavy atom. The fourth-order valence-corrected chi connectivity index (χ4v) is 4.86. The molecule has 1 aliphatic carbocycles. The SMILES string of the molecule is CC(C)CCCC(C)CCCC1CCC(CN(C)C)C(CN(C)C)C1. The summed E-state index contributed by atoms with van der Waals surface area (Å²) in [6, 6.07) is 0. The van der Waals surface area contributed by atoms with Crippen LogP contribution in [0.25, 0.3) is 0 Å². The van der Waals surface area contributed by atoms with Crippen molar-refractivity contribution in [3.05, 3.63) is 0 Å². The van der Waals surface area contributed by atoms with Crippen LogP contribution in [0, 0.1) is 29.6 Å². The van der Waals surface area contributed by atoms with Crippen LogP contribution in [0.4, 0.5) is 0 Å². The summed E-state index contributed by atoms with van der Waals surface area (Å²) in [6.07, 6.45) is 13.1. The van der Waals surface area contributed by atoms with E-state index in [1.807, 2.05) is 0 Å². The van der Waals surface area contributed by atoms with Gasteiger partial charge < -0.3 is 9.80 Å². The van der Waals surface area contributed by atoms with Crippen molar-refractivity contribution in [3.8, 4) is 0 Å². The molecule has 4 atom stereocenters. The molecule has 4 unspecified atom stereocenters. The predicted molar refractivity (Wildman–Crippen MR) is 113 cm³/mol. The van der Waals surface area contributed by atoms with Gasteiger partial charge in [0.1, 0.15) is 0 Å². The summed E-state index contributed by atoms with van der Waals surface area (Å²) in [4.78, 5) is 4.80. The highest BCUT2D eigenvalue weighted by atomic mass is 15.1. The van der Waals surface area contributed by atoms with E-state index in [0.29, 0.717) is 0 Å². The molecule has 0 radical (unpaired) electrons. The summed E-state index contributed by atoms with van der Waals surface area (Å²) in [5.74, 6) is 4.61. The van der Waals surface area contributed by atoms with E-state index in [1.165, 1.54) is 70.9 Å². The van der Waals surface area contributed by atoms with Crippen molar-refractivity contribution in [2.24, 2.45) is 29.6 Å². The smallest absolute Gasteiger partial charge is 0.000679 e. The molecule has 2 nitrogen and oxygen atoms in total. The topological polar surface area (TPSA) is 6.48 Å². The maximum absolute atomic E-state index is 2.48. The second-order valence-corrected chi connectivity index (χ2v) is 10.1. The van der Waals surface area contributed by atoms with Gasteiger partial charge in [-0.1, -0.05) is 65.7 Å². The average molecular weight is 353 g/mol. The lowest BCUT2D eigenvalue weighted by atomic mass is 9.72. The quantitative estimate of drug-likeness (QED) is 0.439. The standard InChI is InChI=1S/C23H48N2/c1-19(2)10-8-11-20(3)12-9-13-21-14-15-22(17-24(4)5)23(16-21)18-25(6)7/h19-23H,8-18H2,1-7H3. The van der Waals surface area contributed by atoms with Gasteiger partial charge in [-0.2, -0.15) is 0 Å². The highest BCUT2D eigenvalue weighted by Gasteiger charge is 2.30. The molecule has 0 aliphatic heterocycles. The zero-order chi connectivity index (χ0) is 18.8. The van der Waals surface area contributed by atoms with Crippen LogP contribution < -0.4 is 0 Å². The molecule has 2 heteroatoms. The molecule has 0 aromatic carbocycles. The second kappa shape index (κ2) is 12.3. The number of rotatable bonds is 12. The predicted octanol–water partition coefficient (Wildman–Crippen LogP) is 5.77. The van der Waals surface area contributed by atoms with Crippen molar-refractivity contribution in [1.82, 2.24) is 9.80 Å². The van der Waals surface area contributed by atoms with Gasteiger partial charge in [0, 0.05) is 13.1 Å². The van der Waals surface area contributed by atoms with Gasteiger partial charge in [0.15, 0.2) is 0 Å². The molecule has 0 aromatic heterocycles. The van der Waals surface area contributed by atoms with Gasteiger partial charge >= 0.3 is 0 Å². The summed E-state index contributed by atoms with van der Waals surface area (Å²) in [7, 11) is 8.96. The molecule has 1 saturated carbocycles. The van der Waals surface area contributed by atoms with Crippen LogP contribution in [-0.4, -0.2) is 51.1 Å². The second-order valence-electron chi connectivity index (χ2n) is 10.1. The van der Waals surface area contributed by atoms with E-state index in [2.05, 4.69) is 58.8 Å². The highest BCUT2D eigenvalue weighted by molar-refractivity contribution is 4.83. The Morgan fingerprint density at radius 3 is 1.96 bits per heavy atom. The lowest BCUT2D eigenvalue weighted by Crippen LogP contribution is -2.37. The summed E-state index contributed by atoms with van der Waals surface area (Å²) < 4.78 is 0. The van der Waals surface area contributed by atoms with Crippen molar-refractivity contribution < 1.29 is 0 Å². The lowest BCUT2D eigenvalue weighted by molar-refractivity contribution is 0.114. The Kier molecular flexibility index (Phi) is 11.3. The van der Waals surface area contributed by atoms with Gasteiger partial charge in [0.25, 0.3) is 0 Å². The van der Waals surface area contributed by atoms with Crippen LogP contribution in [-0.2, 0) is 0 Å². The summed E-state index contributed by atoms with van der Waals surface area (Å²) in [5.41, 5.74) is 0. The Balaban J connectivity index is 2.30. The van der Waals surface area contributed by atoms with E-state index in [0.717, 1.165) is 29.6 Å². The van der Waals surface area contributed by atoms with E-state index in [4.69, 9.17) is 0 Å². The number of hydrogen-bond donors (Lipinski definition) is 0. The molecule has 25 heavy (non-hydrogen) atoms. The van der Waals surface area contributed by atoms with E-state index in [9.17, 15) is 0 Å². The van der Waals surface area contributed by atoms with E-state index < -0.39 is 0 Å². The Bertz CT molecular complexity index is 324. The van der Waals surface area contributed by atoms with Gasteiger partial charge in [-0.25, -0.2) is 0 Å². The lowest BCUT2D eigenvalue weighted by Gasteiger charge is -2.39. The number of nitrogens with zero attached hydrogens (tertiary/aromatic N) is 2. The Labute approximate surface area is 159 Å². The van der Waals surface area contributed by atoms with Crippen LogP contribution in [0.3, 0.4) is 0 Å². The Hall–Kier alpha value is -0.0800. The van der Waals surface area contributed by atoms with Crippen LogP contribution in [0.15, 0.2) is 0 Å². The normalized spacial score (nSPS) is 25.9. The van der Waals surface area contributed by atoms with Crippen LogP contribution >= 0.6 is 0 Å². The first-order chi connectivity index (χ1) is 11.8. The van der Waals surface area contributed by atoms with E-state index in [-0.39, 0.29) is 0 Å². The van der Waals surface area contributed by atoms with Crippen LogP contribution in [0.2, 0.25) is 0 Å². The van der Waals surface area contributed by atoms with Gasteiger partial charge in [0.05, 0.1) is 0 Å². The van der Waals surface area contributed by atoms with E-state index in [1.54, 1.807) is 0 Å². The molecule has 0 heterocycles. The number of hydrogen-bond acceptors (Lipinski definition) is 2. The third kappa shape index (κ3) is 10.6. The van der Waals surface area contributed by atoms with Crippen molar-refractivity contribution >= 4 is 0 Å². The van der Waals surface area contributed by atoms with Crippen molar-refractivity contribution in [1.29, 1.82) is 0 Å². The molecule has 1 rings (SSSR count). The third-order valence-corrected chi connectivity index (χ3v) is 6.24. The largest absolute Gasteiger partial charge is 0.309 e. The minimum Gasteiger partial charge on any atom is -0.309 e. The zero-order valence-electron chi connectivity index (χ0n) is 18.6. The minimum atomic E-state index is 0.873. The third-order valence-electron chi connectivity index (χ3n) is 6.24. The van der Waals surface area contributed by atoms with Gasteiger partial charge in [-0.15, -0.1) is 0 Å². The van der Waals surface area contributed by atoms with Crippen LogP contribution in [0.1, 0.15) is 78.6 Å². The fourth-order valence-electron chi connectivity index (χ4n) is 4.86. The van der Waals surface area contributed by atoms with Crippen LogP contribution in [0.5, 0.6) is 0 Å². The molecule has 0 aromatic rings. The zero-order valence-corrected chi connectivity index (χ0v) is 18.6. The molecular formula is C23H48N2. The van der Waals surface area contributed by atoms with Crippen molar-refractivity contribution in [3.63, 3.8) is 0 Å². The first-order valence-electron chi connectivity index (χ1n) is 11.1. The molecule has 0 spiro atoms. The maximum Gasteiger partial charge on any atom is 0.000679 e. The first-order valence-corrected chi connectivity index (χ1v) is 11.1. The van der Waals surface area contributed by atoms with Crippen molar-refractivity contribution in [2.75, 3.05) is 41.3 Å². The van der Waals surface area contributed by atoms with E-state index >= 15 is 0 Å². The minimum absolute atomic E-state index is 0.873. The van der Waals surface area contributed by atoms with Crippen molar-refractivity contribution in [2.45, 2.75) is 78.6 Å². The molecular weight excluding hydrogens is 304 g/mol. The summed E-state index contributed by atoms with van der Waals surface area (Å²) in [5, 5.41) is 0. The first kappa shape index (κ1) is 23.0.